The summed E-state index contributed by atoms with van der Waals surface area (Å²) in [5.74, 6) is -3.10. The molecule has 2 aliphatic rings. The Morgan fingerprint density at radius 2 is 1.94 bits per heavy atom. The Morgan fingerprint density at radius 3 is 2.58 bits per heavy atom. The molecule has 1 aromatic carbocycles. The Morgan fingerprint density at radius 1 is 1.23 bits per heavy atom. The van der Waals surface area contributed by atoms with Crippen LogP contribution >= 0.6 is 0 Å². The van der Waals surface area contributed by atoms with Gasteiger partial charge in [0.1, 0.15) is 0 Å². The summed E-state index contributed by atoms with van der Waals surface area (Å²) < 4.78 is 85.8. The Balaban J connectivity index is 1.67. The van der Waals surface area contributed by atoms with Crippen LogP contribution in [0, 0.1) is 5.92 Å². The number of aliphatic hydroxyl groups excluding tert-OH is 1. The molecule has 2 N–H and O–H groups in total. The average Bonchev–Trinajstić information content (AvgIpc) is 3.32. The molecule has 168 valence electrons. The van der Waals surface area contributed by atoms with Crippen LogP contribution < -0.4 is 5.32 Å². The number of anilines is 1. The van der Waals surface area contributed by atoms with E-state index in [2.05, 4.69) is 10.4 Å². The lowest BCUT2D eigenvalue weighted by Gasteiger charge is -2.30. The molecule has 0 radical (unpaired) electrons. The zero-order valence-electron chi connectivity index (χ0n) is 15.9. The van der Waals surface area contributed by atoms with E-state index in [1.165, 1.54) is 13.1 Å². The van der Waals surface area contributed by atoms with Crippen LogP contribution in [-0.4, -0.2) is 39.1 Å². The highest BCUT2D eigenvalue weighted by Gasteiger charge is 2.59. The topological polar surface area (TPSA) is 76.4 Å². The molecule has 0 spiro atoms. The number of carbonyl (C=O) groups excluding carboxylic acids is 1. The number of benzene rings is 1. The van der Waals surface area contributed by atoms with Gasteiger partial charge in [0.2, 0.25) is 5.91 Å². The summed E-state index contributed by atoms with van der Waals surface area (Å²) in [6.07, 6.45) is -11.3. The van der Waals surface area contributed by atoms with Crippen molar-refractivity contribution < 1.29 is 41.0 Å². The summed E-state index contributed by atoms with van der Waals surface area (Å²) in [5, 5.41) is 16.0. The highest BCUT2D eigenvalue weighted by Crippen LogP contribution is 2.51. The van der Waals surface area contributed by atoms with Gasteiger partial charge in [0.25, 0.3) is 0 Å². The zero-order chi connectivity index (χ0) is 22.7. The lowest BCUT2D eigenvalue weighted by Crippen LogP contribution is -2.41. The van der Waals surface area contributed by atoms with E-state index < -0.39 is 59.7 Å². The molecule has 1 amide bonds. The summed E-state index contributed by atoms with van der Waals surface area (Å²) in [6, 6.07) is 3.93. The summed E-state index contributed by atoms with van der Waals surface area (Å²) in [6.45, 7) is 0. The summed E-state index contributed by atoms with van der Waals surface area (Å²) in [7, 11) is 1.29. The first-order chi connectivity index (χ1) is 14.4. The highest BCUT2D eigenvalue weighted by molar-refractivity contribution is 5.94. The molecule has 3 heterocycles. The van der Waals surface area contributed by atoms with Crippen LogP contribution in [-0.2, 0) is 28.9 Å². The average molecular weight is 449 g/mol. The van der Waals surface area contributed by atoms with Crippen LogP contribution in [0.25, 0.3) is 0 Å². The first-order valence-corrected chi connectivity index (χ1v) is 9.28. The van der Waals surface area contributed by atoms with Crippen LogP contribution in [0.5, 0.6) is 0 Å². The van der Waals surface area contributed by atoms with Gasteiger partial charge in [-0.3, -0.25) is 9.48 Å². The maximum Gasteiger partial charge on any atom is 0.435 e. The second-order valence-electron chi connectivity index (χ2n) is 7.67. The molecule has 2 bridgehead atoms. The first kappa shape index (κ1) is 21.6. The van der Waals surface area contributed by atoms with Gasteiger partial charge in [-0.05, 0) is 18.2 Å². The summed E-state index contributed by atoms with van der Waals surface area (Å²) in [4.78, 5) is 13.0. The number of ether oxygens (including phenoxy) is 1. The largest absolute Gasteiger partial charge is 0.435 e. The number of aromatic nitrogens is 2. The van der Waals surface area contributed by atoms with Crippen molar-refractivity contribution in [3.05, 3.63) is 47.3 Å². The van der Waals surface area contributed by atoms with Crippen molar-refractivity contribution in [2.75, 3.05) is 5.32 Å². The molecular weight excluding hydrogens is 432 g/mol. The van der Waals surface area contributed by atoms with E-state index in [0.29, 0.717) is 0 Å². The summed E-state index contributed by atoms with van der Waals surface area (Å²) in [5.41, 5.74) is -2.62. The number of aliphatic hydroxyl groups is 1. The normalized spacial score (nSPS) is 28.2. The number of hydrogen-bond donors (Lipinski definition) is 2. The van der Waals surface area contributed by atoms with Gasteiger partial charge in [0, 0.05) is 36.8 Å². The van der Waals surface area contributed by atoms with E-state index in [0.717, 1.165) is 29.1 Å². The number of hydrogen-bond acceptors (Lipinski definition) is 4. The van der Waals surface area contributed by atoms with E-state index in [9.17, 15) is 36.2 Å². The quantitative estimate of drug-likeness (QED) is 0.705. The fraction of sp³-hybridized carbons (Fsp3) is 0.474. The third-order valence-electron chi connectivity index (χ3n) is 5.57. The Bertz CT molecular complexity index is 1000. The number of halogens is 6. The van der Waals surface area contributed by atoms with Gasteiger partial charge in [0.15, 0.2) is 5.69 Å². The maximum absolute atomic E-state index is 13.5. The standard InChI is InChI=1S/C19H17F6N3O3/c1-28-7-10(16(27-28)19(23,24)25)13-14(12-6-11(29)15(13)31-12)17(30)26-9-4-2-3-8(5-9)18(20,21)22/h2-5,7,11-15,29H,6H2,1H3,(H,26,30)/t11-,12+,13+,14-,15-/m0/s1. The van der Waals surface area contributed by atoms with E-state index >= 15 is 0 Å². The molecule has 12 heteroatoms. The molecule has 0 unspecified atom stereocenters. The molecular formula is C19H17F6N3O3. The molecule has 0 aliphatic carbocycles. The van der Waals surface area contributed by atoms with Crippen LogP contribution in [0.2, 0.25) is 0 Å². The minimum Gasteiger partial charge on any atom is -0.390 e. The van der Waals surface area contributed by atoms with Crippen molar-refractivity contribution in [3.63, 3.8) is 0 Å². The van der Waals surface area contributed by atoms with Crippen molar-refractivity contribution in [1.29, 1.82) is 0 Å². The van der Waals surface area contributed by atoms with E-state index in [1.54, 1.807) is 0 Å². The van der Waals surface area contributed by atoms with Gasteiger partial charge in [-0.1, -0.05) is 6.07 Å². The monoisotopic (exact) mass is 449 g/mol. The highest BCUT2D eigenvalue weighted by atomic mass is 19.4. The lowest BCUT2D eigenvalue weighted by atomic mass is 9.73. The minimum atomic E-state index is -4.80. The smallest absolute Gasteiger partial charge is 0.390 e. The molecule has 31 heavy (non-hydrogen) atoms. The lowest BCUT2D eigenvalue weighted by molar-refractivity contribution is -0.143. The van der Waals surface area contributed by atoms with Gasteiger partial charge >= 0.3 is 12.4 Å². The minimum absolute atomic E-state index is 0.0312. The predicted octanol–water partition coefficient (Wildman–Crippen LogP) is 3.33. The van der Waals surface area contributed by atoms with E-state index in [4.69, 9.17) is 4.74 Å². The van der Waals surface area contributed by atoms with Gasteiger partial charge < -0.3 is 15.2 Å². The zero-order valence-corrected chi connectivity index (χ0v) is 15.9. The van der Waals surface area contributed by atoms with Gasteiger partial charge in [0.05, 0.1) is 29.8 Å². The van der Waals surface area contributed by atoms with Crippen molar-refractivity contribution in [3.8, 4) is 0 Å². The number of aryl methyl sites for hydroxylation is 1. The molecule has 2 aliphatic heterocycles. The molecule has 2 aromatic rings. The molecule has 4 rings (SSSR count). The van der Waals surface area contributed by atoms with Crippen LogP contribution in [0.3, 0.4) is 0 Å². The SMILES string of the molecule is Cn1cc([C@H]2[C@H]3O[C@H](C[C@@H]3O)[C@@H]2C(=O)Nc2cccc(C(F)(F)F)c2)c(C(F)(F)F)n1. The van der Waals surface area contributed by atoms with Crippen molar-refractivity contribution in [2.45, 2.75) is 43.0 Å². The predicted molar refractivity (Wildman–Crippen MR) is 93.8 cm³/mol. The molecule has 5 atom stereocenters. The Hall–Kier alpha value is -2.60. The van der Waals surface area contributed by atoms with Crippen molar-refractivity contribution in [2.24, 2.45) is 13.0 Å². The number of fused-ring (bicyclic) bond motifs is 2. The van der Waals surface area contributed by atoms with Crippen molar-refractivity contribution in [1.82, 2.24) is 9.78 Å². The third kappa shape index (κ3) is 3.89. The molecule has 2 fully saturated rings. The molecule has 2 saturated heterocycles. The Labute approximate surface area is 171 Å². The molecule has 0 saturated carbocycles. The van der Waals surface area contributed by atoms with Crippen LogP contribution in [0.15, 0.2) is 30.5 Å². The van der Waals surface area contributed by atoms with Crippen LogP contribution in [0.4, 0.5) is 32.0 Å². The van der Waals surface area contributed by atoms with E-state index in [-0.39, 0.29) is 17.7 Å². The number of alkyl halides is 6. The second kappa shape index (κ2) is 7.23. The number of amides is 1. The second-order valence-corrected chi connectivity index (χ2v) is 7.67. The first-order valence-electron chi connectivity index (χ1n) is 9.28. The fourth-order valence-electron chi connectivity index (χ4n) is 4.38. The fourth-order valence-corrected chi connectivity index (χ4v) is 4.38. The van der Waals surface area contributed by atoms with Crippen LogP contribution in [0.1, 0.15) is 29.2 Å². The van der Waals surface area contributed by atoms with E-state index in [1.807, 2.05) is 0 Å². The van der Waals surface area contributed by atoms with Gasteiger partial charge in [-0.2, -0.15) is 31.4 Å². The number of nitrogens with one attached hydrogen (secondary N) is 1. The van der Waals surface area contributed by atoms with Gasteiger partial charge in [-0.15, -0.1) is 0 Å². The maximum atomic E-state index is 13.5. The van der Waals surface area contributed by atoms with Gasteiger partial charge in [-0.25, -0.2) is 0 Å². The summed E-state index contributed by atoms with van der Waals surface area (Å²) >= 11 is 0. The number of rotatable bonds is 3. The number of carbonyl (C=O) groups is 1. The molecule has 6 nitrogen and oxygen atoms in total. The molecule has 1 aromatic heterocycles. The van der Waals surface area contributed by atoms with Crippen molar-refractivity contribution >= 4 is 11.6 Å². The Kier molecular flexibility index (Phi) is 5.04. The number of nitrogens with zero attached hydrogens (tertiary/aromatic N) is 2. The third-order valence-corrected chi connectivity index (χ3v) is 5.57.